The predicted molar refractivity (Wildman–Crippen MR) is 152 cm³/mol. The molecule has 0 fully saturated rings. The maximum absolute atomic E-state index is 12.5. The van der Waals surface area contributed by atoms with Crippen molar-refractivity contribution in [2.45, 2.75) is 25.7 Å². The Morgan fingerprint density at radius 3 is 1.65 bits per heavy atom. The standard InChI is InChI=1S/C30H29N4OP.BrH/c31-34-33-26-22-20-25(21-23-26)32-30(35)19-11-4-12-24-36(27-13-5-1-6-14-27,28-15-7-2-8-16-28)29-17-9-3-10-18-29;/h1-3,5-10,13-18,20-23H,4,11-12,19,24H2;1H. The second kappa shape index (κ2) is 14.3. The molecule has 0 radical (unpaired) electrons. The van der Waals surface area contributed by atoms with Gasteiger partial charge in [0.05, 0.1) is 6.16 Å². The summed E-state index contributed by atoms with van der Waals surface area (Å²) in [5.74, 6) is 0.00164. The zero-order chi connectivity index (χ0) is 25.1. The minimum atomic E-state index is -1.82. The lowest BCUT2D eigenvalue weighted by atomic mass is 10.2. The smallest absolute Gasteiger partial charge is 0.224 e. The minimum absolute atomic E-state index is 0. The van der Waals surface area contributed by atoms with Crippen LogP contribution in [0, 0.1) is 0 Å². The van der Waals surface area contributed by atoms with Crippen LogP contribution in [0.3, 0.4) is 0 Å². The first kappa shape index (κ1) is 28.1. The van der Waals surface area contributed by atoms with Gasteiger partial charge in [-0.3, -0.25) is 4.79 Å². The van der Waals surface area contributed by atoms with Crippen molar-refractivity contribution >= 4 is 40.5 Å². The van der Waals surface area contributed by atoms with Gasteiger partial charge in [0.1, 0.15) is 23.2 Å². The van der Waals surface area contributed by atoms with Crippen molar-refractivity contribution in [3.8, 4) is 0 Å². The number of unbranched alkanes of at least 4 members (excludes halogenated alkanes) is 2. The van der Waals surface area contributed by atoms with Gasteiger partial charge in [0.2, 0.25) is 5.91 Å². The molecule has 7 heteroatoms. The molecule has 0 bridgehead atoms. The van der Waals surface area contributed by atoms with Crippen molar-refractivity contribution in [2.24, 2.45) is 5.11 Å². The third kappa shape index (κ3) is 7.30. The fourth-order valence-electron chi connectivity index (χ4n) is 4.58. The summed E-state index contributed by atoms with van der Waals surface area (Å²) in [5.41, 5.74) is 9.74. The summed E-state index contributed by atoms with van der Waals surface area (Å²) in [6, 6.07) is 39.6. The van der Waals surface area contributed by atoms with E-state index >= 15 is 0 Å². The summed E-state index contributed by atoms with van der Waals surface area (Å²) >= 11 is 0. The van der Waals surface area contributed by atoms with Gasteiger partial charge >= 0.3 is 0 Å². The molecule has 0 aliphatic carbocycles. The molecule has 0 saturated heterocycles. The van der Waals surface area contributed by atoms with Gasteiger partial charge < -0.3 is 22.3 Å². The topological polar surface area (TPSA) is 77.9 Å². The van der Waals surface area contributed by atoms with Gasteiger partial charge in [-0.2, -0.15) is 0 Å². The second-order valence-corrected chi connectivity index (χ2v) is 12.3. The Morgan fingerprint density at radius 2 is 1.19 bits per heavy atom. The number of benzene rings is 4. The van der Waals surface area contributed by atoms with Crippen molar-refractivity contribution < 1.29 is 21.8 Å². The molecule has 0 aliphatic rings. The van der Waals surface area contributed by atoms with Gasteiger partial charge in [-0.1, -0.05) is 71.8 Å². The number of anilines is 1. The van der Waals surface area contributed by atoms with E-state index in [9.17, 15) is 4.79 Å². The molecular formula is C30H30BrN4OP. The molecule has 0 spiro atoms. The zero-order valence-corrected chi connectivity index (χ0v) is 23.1. The van der Waals surface area contributed by atoms with E-state index < -0.39 is 7.26 Å². The van der Waals surface area contributed by atoms with Crippen LogP contribution in [-0.4, -0.2) is 12.1 Å². The zero-order valence-electron chi connectivity index (χ0n) is 20.6. The number of carbonyl (C=O) groups is 1. The summed E-state index contributed by atoms with van der Waals surface area (Å²) in [5, 5.41) is 10.7. The van der Waals surface area contributed by atoms with Crippen molar-refractivity contribution in [3.63, 3.8) is 0 Å². The van der Waals surface area contributed by atoms with Gasteiger partial charge in [0, 0.05) is 22.7 Å². The lowest BCUT2D eigenvalue weighted by Crippen LogP contribution is -3.00. The average molecular weight is 573 g/mol. The van der Waals surface area contributed by atoms with Crippen LogP contribution in [0.15, 0.2) is 120 Å². The quantitative estimate of drug-likeness (QED) is 0.0947. The summed E-state index contributed by atoms with van der Waals surface area (Å²) in [4.78, 5) is 15.2. The highest BCUT2D eigenvalue weighted by molar-refractivity contribution is 7.95. The number of hydrogen-bond donors (Lipinski definition) is 1. The number of amides is 1. The van der Waals surface area contributed by atoms with Crippen LogP contribution in [0.1, 0.15) is 25.7 Å². The summed E-state index contributed by atoms with van der Waals surface area (Å²) in [6.45, 7) is 0. The lowest BCUT2D eigenvalue weighted by molar-refractivity contribution is -0.116. The van der Waals surface area contributed by atoms with Crippen LogP contribution in [0.4, 0.5) is 11.4 Å². The van der Waals surface area contributed by atoms with E-state index in [2.05, 4.69) is 106 Å². The lowest BCUT2D eigenvalue weighted by Gasteiger charge is -2.27. The largest absolute Gasteiger partial charge is 1.00 e. The number of hydrogen-bond acceptors (Lipinski definition) is 2. The predicted octanol–water partition coefficient (Wildman–Crippen LogP) is 4.13. The minimum Gasteiger partial charge on any atom is -1.00 e. The first-order valence-corrected chi connectivity index (χ1v) is 14.2. The van der Waals surface area contributed by atoms with Gasteiger partial charge in [-0.05, 0) is 73.3 Å². The van der Waals surface area contributed by atoms with E-state index in [1.165, 1.54) is 15.9 Å². The van der Waals surface area contributed by atoms with E-state index in [0.717, 1.165) is 25.4 Å². The van der Waals surface area contributed by atoms with Crippen molar-refractivity contribution in [3.05, 3.63) is 126 Å². The fraction of sp³-hybridized carbons (Fsp3) is 0.167. The summed E-state index contributed by atoms with van der Waals surface area (Å²) in [6.07, 6.45) is 4.40. The Hall–Kier alpha value is -3.43. The normalized spacial score (nSPS) is 10.6. The average Bonchev–Trinajstić information content (AvgIpc) is 2.93. The summed E-state index contributed by atoms with van der Waals surface area (Å²) in [7, 11) is -1.82. The third-order valence-corrected chi connectivity index (χ3v) is 10.8. The molecular weight excluding hydrogens is 543 g/mol. The van der Waals surface area contributed by atoms with Crippen molar-refractivity contribution in [1.82, 2.24) is 0 Å². The molecule has 4 rings (SSSR count). The Balaban J connectivity index is 0.00000380. The van der Waals surface area contributed by atoms with Crippen LogP contribution in [0.2, 0.25) is 0 Å². The van der Waals surface area contributed by atoms with E-state index in [4.69, 9.17) is 5.53 Å². The van der Waals surface area contributed by atoms with Crippen molar-refractivity contribution in [2.75, 3.05) is 11.5 Å². The molecule has 37 heavy (non-hydrogen) atoms. The molecule has 0 saturated carbocycles. The summed E-state index contributed by atoms with van der Waals surface area (Å²) < 4.78 is 0. The molecule has 0 aliphatic heterocycles. The second-order valence-electron chi connectivity index (χ2n) is 8.64. The number of nitrogens with zero attached hydrogens (tertiary/aromatic N) is 3. The number of rotatable bonds is 11. The Bertz CT molecular complexity index is 1200. The Morgan fingerprint density at radius 1 is 0.703 bits per heavy atom. The first-order valence-electron chi connectivity index (χ1n) is 12.2. The van der Waals surface area contributed by atoms with Gasteiger partial charge in [0.15, 0.2) is 0 Å². The van der Waals surface area contributed by atoms with Crippen LogP contribution in [0.5, 0.6) is 0 Å². The molecule has 4 aromatic carbocycles. The number of halogens is 1. The molecule has 0 heterocycles. The number of azide groups is 1. The van der Waals surface area contributed by atoms with Gasteiger partial charge in [-0.25, -0.2) is 0 Å². The highest BCUT2D eigenvalue weighted by atomic mass is 79.9. The Kier molecular flexibility index (Phi) is 10.9. The van der Waals surface area contributed by atoms with E-state index in [1.807, 2.05) is 0 Å². The van der Waals surface area contributed by atoms with E-state index in [-0.39, 0.29) is 22.9 Å². The third-order valence-electron chi connectivity index (χ3n) is 6.30. The fourth-order valence-corrected chi connectivity index (χ4v) is 8.99. The van der Waals surface area contributed by atoms with Gasteiger partial charge in [0.25, 0.3) is 0 Å². The number of nitrogens with one attached hydrogen (secondary N) is 1. The highest BCUT2D eigenvalue weighted by Gasteiger charge is 2.44. The SMILES string of the molecule is [Br-].[N-]=[N+]=Nc1ccc(NC(=O)CCCCC[P+](c2ccccc2)(c2ccccc2)c2ccccc2)cc1. The van der Waals surface area contributed by atoms with Crippen LogP contribution >= 0.6 is 7.26 Å². The molecule has 5 nitrogen and oxygen atoms in total. The molecule has 1 amide bonds. The monoisotopic (exact) mass is 572 g/mol. The van der Waals surface area contributed by atoms with Crippen LogP contribution in [-0.2, 0) is 4.79 Å². The molecule has 0 unspecified atom stereocenters. The Labute approximate surface area is 229 Å². The molecule has 188 valence electrons. The van der Waals surface area contributed by atoms with Crippen LogP contribution in [0.25, 0.3) is 10.4 Å². The molecule has 4 aromatic rings. The van der Waals surface area contributed by atoms with E-state index in [0.29, 0.717) is 17.8 Å². The highest BCUT2D eigenvalue weighted by Crippen LogP contribution is 2.55. The first-order chi connectivity index (χ1) is 17.7. The van der Waals surface area contributed by atoms with E-state index in [1.54, 1.807) is 24.3 Å². The number of carbonyl (C=O) groups excluding carboxylic acids is 1. The maximum Gasteiger partial charge on any atom is 0.224 e. The molecule has 1 N–H and O–H groups in total. The van der Waals surface area contributed by atoms with Crippen LogP contribution < -0.4 is 38.2 Å². The van der Waals surface area contributed by atoms with Gasteiger partial charge in [-0.15, -0.1) is 0 Å². The van der Waals surface area contributed by atoms with Crippen molar-refractivity contribution in [1.29, 1.82) is 0 Å². The molecule has 0 atom stereocenters. The maximum atomic E-state index is 12.5. The molecule has 0 aromatic heterocycles.